The molecule has 2 aromatic heterocycles. The third kappa shape index (κ3) is 5.37. The van der Waals surface area contributed by atoms with Gasteiger partial charge in [0, 0.05) is 42.8 Å². The summed E-state index contributed by atoms with van der Waals surface area (Å²) in [5.41, 5.74) is -0.553. The van der Waals surface area contributed by atoms with Crippen LogP contribution in [0.1, 0.15) is 76.1 Å². The number of aliphatic hydroxyl groups is 1. The second-order valence-electron chi connectivity index (χ2n) is 14.1. The molecule has 2 atom stereocenters. The van der Waals surface area contributed by atoms with E-state index in [0.717, 1.165) is 30.8 Å². The molecule has 0 aromatic carbocycles. The van der Waals surface area contributed by atoms with E-state index in [1.165, 1.54) is 37.6 Å². The van der Waals surface area contributed by atoms with Gasteiger partial charge in [0.05, 0.1) is 16.1 Å². The summed E-state index contributed by atoms with van der Waals surface area (Å²) in [5, 5.41) is 19.8. The second-order valence-corrected chi connectivity index (χ2v) is 14.9. The van der Waals surface area contributed by atoms with Gasteiger partial charge in [0.2, 0.25) is 5.88 Å². The number of fused-ring (bicyclic) bond motifs is 5. The second kappa shape index (κ2) is 10.9. The number of carbonyl (C=O) groups is 1. The molecule has 2 unspecified atom stereocenters. The normalized spacial score (nSPS) is 27.0. The fourth-order valence-electron chi connectivity index (χ4n) is 8.40. The van der Waals surface area contributed by atoms with E-state index in [1.54, 1.807) is 29.1 Å². The van der Waals surface area contributed by atoms with Crippen LogP contribution in [0.5, 0.6) is 5.88 Å². The quantitative estimate of drug-likeness (QED) is 0.317. The SMILES string of the molecule is [B]C(O)(COc1ccn(-c2ccc3c(n2)N2CC(CCCN=C(C=C)N/C(=C\C)SNC3=O)CC2(C)C)n1)C1C2(CC2)C12CC2. The average Bonchev–Trinajstić information content (AvgIpc) is 3.97. The topological polar surface area (TPSA) is 117 Å². The van der Waals surface area contributed by atoms with Crippen LogP contribution >= 0.6 is 11.9 Å². The van der Waals surface area contributed by atoms with Gasteiger partial charge in [-0.25, -0.2) is 9.67 Å². The average molecular weight is 628 g/mol. The molecule has 1 amide bonds. The number of amidine groups is 1. The molecule has 4 fully saturated rings. The minimum absolute atomic E-state index is 0.000621. The van der Waals surface area contributed by atoms with E-state index in [9.17, 15) is 9.90 Å². The van der Waals surface area contributed by atoms with Crippen molar-refractivity contribution in [2.45, 2.75) is 76.8 Å². The van der Waals surface area contributed by atoms with Crippen molar-refractivity contribution in [1.29, 1.82) is 0 Å². The molecule has 10 nitrogen and oxygen atoms in total. The number of hydrogen-bond donors (Lipinski definition) is 3. The Bertz CT molecular complexity index is 1560. The number of pyridine rings is 1. The number of nitrogens with zero attached hydrogens (tertiary/aromatic N) is 5. The Morgan fingerprint density at radius 3 is 2.69 bits per heavy atom. The molecule has 1 saturated heterocycles. The lowest BCUT2D eigenvalue weighted by molar-refractivity contribution is 0.0374. The van der Waals surface area contributed by atoms with E-state index in [-0.39, 0.29) is 34.8 Å². The summed E-state index contributed by atoms with van der Waals surface area (Å²) in [7, 11) is 6.42. The first-order valence-electron chi connectivity index (χ1n) is 16.1. The lowest BCUT2D eigenvalue weighted by atomic mass is 9.76. The lowest BCUT2D eigenvalue weighted by Gasteiger charge is -2.34. The fraction of sp³-hybridized carbons (Fsp3) is 0.576. The van der Waals surface area contributed by atoms with Crippen molar-refractivity contribution in [2.75, 3.05) is 24.6 Å². The summed E-state index contributed by atoms with van der Waals surface area (Å²) < 4.78 is 10.6. The molecule has 2 bridgehead atoms. The van der Waals surface area contributed by atoms with Gasteiger partial charge in [-0.15, -0.1) is 5.10 Å². The number of hydrogen-bond acceptors (Lipinski definition) is 9. The molecule has 3 N–H and O–H groups in total. The van der Waals surface area contributed by atoms with Gasteiger partial charge in [0.1, 0.15) is 26.1 Å². The van der Waals surface area contributed by atoms with E-state index in [4.69, 9.17) is 17.6 Å². The van der Waals surface area contributed by atoms with Gasteiger partial charge < -0.3 is 20.1 Å². The first-order valence-corrected chi connectivity index (χ1v) is 16.9. The molecule has 7 rings (SSSR count). The van der Waals surface area contributed by atoms with Gasteiger partial charge in [0.15, 0.2) is 5.82 Å². The predicted octanol–water partition coefficient (Wildman–Crippen LogP) is 4.51. The Labute approximate surface area is 270 Å². The molecular formula is C33H42BN7O3S. The zero-order valence-electron chi connectivity index (χ0n) is 26.4. The van der Waals surface area contributed by atoms with E-state index >= 15 is 0 Å². The zero-order chi connectivity index (χ0) is 31.6. The Kier molecular flexibility index (Phi) is 7.39. The summed E-state index contributed by atoms with van der Waals surface area (Å²) in [4.78, 5) is 25.6. The standard InChI is InChI=1S/C33H42BN7O3S/c1-5-23-35-16-7-8-21-18-30(3,4)40(19-21)27-22(28(42)39-45-26(6-2)36-23)9-10-24(37-27)41-17-11-25(38-41)44-20-33(34,43)29-31(12-13-31)32(29)14-15-32/h5-6,9-11,17,21,29,43H,1,7-8,12-16,18-20H2,2-4H3,(H,35,36)(H,39,42)/b26-6+. The van der Waals surface area contributed by atoms with Crippen molar-refractivity contribution in [2.24, 2.45) is 27.7 Å². The lowest BCUT2D eigenvalue weighted by Crippen LogP contribution is -2.40. The van der Waals surface area contributed by atoms with E-state index < -0.39 is 5.50 Å². The van der Waals surface area contributed by atoms with Gasteiger partial charge in [0.25, 0.3) is 5.91 Å². The summed E-state index contributed by atoms with van der Waals surface area (Å²) in [5.74, 6) is 2.56. The number of carbonyl (C=O) groups excluding carboxylic acids is 1. The Morgan fingerprint density at radius 2 is 2.00 bits per heavy atom. The summed E-state index contributed by atoms with van der Waals surface area (Å²) >= 11 is 1.20. The minimum atomic E-state index is -1.37. The van der Waals surface area contributed by atoms with Crippen LogP contribution in [0.15, 0.2) is 53.1 Å². The molecule has 3 saturated carbocycles. The number of aromatic nitrogens is 3. The van der Waals surface area contributed by atoms with Crippen molar-refractivity contribution in [3.8, 4) is 11.7 Å². The van der Waals surface area contributed by atoms with Crippen molar-refractivity contribution in [3.63, 3.8) is 0 Å². The Morgan fingerprint density at radius 1 is 1.24 bits per heavy atom. The van der Waals surface area contributed by atoms with Gasteiger partial charge in [-0.1, -0.05) is 12.7 Å². The minimum Gasteiger partial charge on any atom is -0.474 e. The Hall–Kier alpha value is -3.25. The Balaban J connectivity index is 1.13. The number of rotatable bonds is 6. The maximum Gasteiger partial charge on any atom is 0.265 e. The van der Waals surface area contributed by atoms with Gasteiger partial charge >= 0.3 is 0 Å². The van der Waals surface area contributed by atoms with Crippen molar-refractivity contribution in [1.82, 2.24) is 24.8 Å². The third-order valence-corrected chi connectivity index (χ3v) is 11.5. The molecule has 236 valence electrons. The zero-order valence-corrected chi connectivity index (χ0v) is 27.2. The predicted molar refractivity (Wildman–Crippen MR) is 178 cm³/mol. The third-order valence-electron chi connectivity index (χ3n) is 10.7. The fourth-order valence-corrected chi connectivity index (χ4v) is 8.98. The number of nitrogens with one attached hydrogen (secondary N) is 2. The largest absolute Gasteiger partial charge is 0.474 e. The van der Waals surface area contributed by atoms with Crippen LogP contribution in [0.4, 0.5) is 5.82 Å². The molecule has 12 heteroatoms. The molecule has 2 radical (unpaired) electrons. The molecule has 45 heavy (non-hydrogen) atoms. The first kappa shape index (κ1) is 30.4. The molecule has 2 aliphatic heterocycles. The van der Waals surface area contributed by atoms with Crippen LogP contribution in [0, 0.1) is 22.7 Å². The monoisotopic (exact) mass is 627 g/mol. The van der Waals surface area contributed by atoms with Crippen LogP contribution in [0.2, 0.25) is 0 Å². The van der Waals surface area contributed by atoms with Crippen molar-refractivity contribution < 1.29 is 14.6 Å². The number of allylic oxidation sites excluding steroid dienone is 1. The number of anilines is 1. The van der Waals surface area contributed by atoms with E-state index in [2.05, 4.69) is 45.5 Å². The van der Waals surface area contributed by atoms with Gasteiger partial charge in [-0.2, -0.15) is 0 Å². The van der Waals surface area contributed by atoms with E-state index in [1.807, 2.05) is 19.1 Å². The molecule has 5 aliphatic rings. The maximum atomic E-state index is 13.7. The molecule has 3 aliphatic carbocycles. The van der Waals surface area contributed by atoms with E-state index in [0.29, 0.717) is 41.4 Å². The highest BCUT2D eigenvalue weighted by atomic mass is 32.2. The molecule has 2 aromatic rings. The van der Waals surface area contributed by atoms with Crippen molar-refractivity contribution >= 4 is 37.4 Å². The summed E-state index contributed by atoms with van der Waals surface area (Å²) in [6, 6.07) is 5.36. The van der Waals surface area contributed by atoms with Crippen LogP contribution < -0.4 is 19.7 Å². The highest BCUT2D eigenvalue weighted by Gasteiger charge is 2.89. The molecular weight excluding hydrogens is 585 g/mol. The number of amides is 1. The highest BCUT2D eigenvalue weighted by Crippen LogP contribution is 2.94. The molecule has 2 spiro atoms. The van der Waals surface area contributed by atoms with Crippen LogP contribution in [-0.4, -0.2) is 70.2 Å². The van der Waals surface area contributed by atoms with Gasteiger partial charge in [-0.3, -0.25) is 14.5 Å². The molecule has 4 heterocycles. The van der Waals surface area contributed by atoms with Crippen LogP contribution in [0.25, 0.3) is 5.82 Å². The summed E-state index contributed by atoms with van der Waals surface area (Å²) in [6.45, 7) is 11.7. The van der Waals surface area contributed by atoms with Gasteiger partial charge in [-0.05, 0) is 107 Å². The summed E-state index contributed by atoms with van der Waals surface area (Å²) in [6.07, 6.45) is 13.0. The maximum absolute atomic E-state index is 13.7. The van der Waals surface area contributed by atoms with Crippen molar-refractivity contribution in [3.05, 3.63) is 53.7 Å². The van der Waals surface area contributed by atoms with Crippen LogP contribution in [-0.2, 0) is 0 Å². The number of ether oxygens (including phenoxy) is 1. The number of aliphatic imine (C=N–C) groups is 1. The smallest absolute Gasteiger partial charge is 0.265 e. The first-order chi connectivity index (χ1) is 21.5. The van der Waals surface area contributed by atoms with Crippen LogP contribution in [0.3, 0.4) is 0 Å². The highest BCUT2D eigenvalue weighted by molar-refractivity contribution is 8.01.